The zero-order valence-electron chi connectivity index (χ0n) is 18.1. The van der Waals surface area contributed by atoms with Crippen molar-refractivity contribution < 1.29 is 14.3 Å². The number of amides is 1. The van der Waals surface area contributed by atoms with Crippen LogP contribution >= 0.6 is 24.0 Å². The van der Waals surface area contributed by atoms with Crippen molar-refractivity contribution in [2.24, 2.45) is 5.92 Å². The van der Waals surface area contributed by atoms with E-state index in [0.717, 1.165) is 70.3 Å². The molecule has 8 heteroatoms. The molecule has 2 aromatic rings. The second-order valence-electron chi connectivity index (χ2n) is 8.10. The third kappa shape index (κ3) is 6.67. The van der Waals surface area contributed by atoms with E-state index in [9.17, 15) is 4.79 Å². The minimum Gasteiger partial charge on any atom is -0.381 e. The van der Waals surface area contributed by atoms with E-state index < -0.39 is 0 Å². The van der Waals surface area contributed by atoms with Gasteiger partial charge in [0.25, 0.3) is 5.91 Å². The normalized spacial score (nSPS) is 19.8. The summed E-state index contributed by atoms with van der Waals surface area (Å²) in [6.45, 7) is 6.91. The number of ether oxygens (including phenoxy) is 2. The molecule has 32 heavy (non-hydrogen) atoms. The van der Waals surface area contributed by atoms with Crippen LogP contribution in [0.5, 0.6) is 0 Å². The van der Waals surface area contributed by atoms with Gasteiger partial charge in [-0.2, -0.15) is 0 Å². The Labute approximate surface area is 201 Å². The number of benzene rings is 2. The number of carbonyl (C=O) groups excluding carboxylic acids is 1. The molecule has 0 saturated carbocycles. The number of carbonyl (C=O) groups is 1. The average Bonchev–Trinajstić information content (AvgIpc) is 3.32. The number of hydrogen-bond acceptors (Lipinski definition) is 5. The highest BCUT2D eigenvalue weighted by Gasteiger charge is 2.31. The molecule has 0 radical (unpaired) electrons. The molecular weight excluding hydrogens is 449 g/mol. The zero-order chi connectivity index (χ0) is 21.5. The Hall–Kier alpha value is -1.67. The fourth-order valence-electron chi connectivity index (χ4n) is 4.33. The van der Waals surface area contributed by atoms with E-state index in [1.54, 1.807) is 18.2 Å². The third-order valence-electron chi connectivity index (χ3n) is 6.01. The summed E-state index contributed by atoms with van der Waals surface area (Å²) < 4.78 is 11.2. The van der Waals surface area contributed by atoms with Crippen LogP contribution < -0.4 is 10.6 Å². The summed E-state index contributed by atoms with van der Waals surface area (Å²) in [6.07, 6.45) is 1.12. The van der Waals surface area contributed by atoms with E-state index in [1.165, 1.54) is 0 Å². The summed E-state index contributed by atoms with van der Waals surface area (Å²) in [5.41, 5.74) is 2.36. The molecule has 2 N–H and O–H groups in total. The minimum absolute atomic E-state index is 0. The number of halogens is 2. The Kier molecular flexibility index (Phi) is 9.78. The molecule has 174 valence electrons. The highest BCUT2D eigenvalue weighted by molar-refractivity contribution is 6.34. The van der Waals surface area contributed by atoms with Crippen molar-refractivity contribution in [3.8, 4) is 0 Å². The quantitative estimate of drug-likeness (QED) is 0.601. The van der Waals surface area contributed by atoms with Gasteiger partial charge in [0.05, 0.1) is 30.4 Å². The van der Waals surface area contributed by atoms with Crippen LogP contribution in [0.4, 0.5) is 5.69 Å². The summed E-state index contributed by atoms with van der Waals surface area (Å²) in [5.74, 6) is 0.358. The second-order valence-corrected chi connectivity index (χ2v) is 8.51. The van der Waals surface area contributed by atoms with Gasteiger partial charge in [-0.15, -0.1) is 12.4 Å². The molecule has 2 aliphatic rings. The van der Waals surface area contributed by atoms with Crippen molar-refractivity contribution in [2.75, 3.05) is 51.4 Å². The molecule has 2 aromatic carbocycles. The first-order chi connectivity index (χ1) is 15.2. The van der Waals surface area contributed by atoms with Crippen molar-refractivity contribution in [3.05, 3.63) is 64.7 Å². The number of anilines is 1. The Morgan fingerprint density at radius 3 is 2.66 bits per heavy atom. The minimum atomic E-state index is -0.204. The van der Waals surface area contributed by atoms with Crippen LogP contribution in [-0.4, -0.2) is 62.9 Å². The molecule has 2 heterocycles. The van der Waals surface area contributed by atoms with Gasteiger partial charge in [0.15, 0.2) is 0 Å². The first kappa shape index (κ1) is 25.0. The number of rotatable bonds is 8. The highest BCUT2D eigenvalue weighted by atomic mass is 35.5. The van der Waals surface area contributed by atoms with Gasteiger partial charge in [-0.1, -0.05) is 35.9 Å². The van der Waals surface area contributed by atoms with Crippen LogP contribution in [0.3, 0.4) is 0 Å². The topological polar surface area (TPSA) is 62.8 Å². The van der Waals surface area contributed by atoms with Crippen molar-refractivity contribution in [1.29, 1.82) is 0 Å². The van der Waals surface area contributed by atoms with Crippen LogP contribution in [0.25, 0.3) is 0 Å². The Morgan fingerprint density at radius 1 is 1.09 bits per heavy atom. The van der Waals surface area contributed by atoms with Crippen molar-refractivity contribution in [1.82, 2.24) is 10.2 Å². The van der Waals surface area contributed by atoms with Crippen LogP contribution in [0.1, 0.15) is 22.3 Å². The third-order valence-corrected chi connectivity index (χ3v) is 6.34. The smallest absolute Gasteiger partial charge is 0.257 e. The predicted octanol–water partition coefficient (Wildman–Crippen LogP) is 3.84. The molecule has 2 unspecified atom stereocenters. The molecule has 4 rings (SSSR count). The number of hydrogen-bond donors (Lipinski definition) is 2. The van der Waals surface area contributed by atoms with Crippen LogP contribution in [0, 0.1) is 5.92 Å². The number of nitrogens with zero attached hydrogens (tertiary/aromatic N) is 1. The molecule has 1 amide bonds. The van der Waals surface area contributed by atoms with Gasteiger partial charge < -0.3 is 20.1 Å². The Bertz CT molecular complexity index is 871. The lowest BCUT2D eigenvalue weighted by atomic mass is 9.96. The Morgan fingerprint density at radius 2 is 1.91 bits per heavy atom. The van der Waals surface area contributed by atoms with E-state index in [0.29, 0.717) is 22.5 Å². The average molecular weight is 480 g/mol. The van der Waals surface area contributed by atoms with Gasteiger partial charge in [-0.05, 0) is 36.2 Å². The van der Waals surface area contributed by atoms with Crippen LogP contribution in [0.2, 0.25) is 5.02 Å². The van der Waals surface area contributed by atoms with Gasteiger partial charge in [-0.25, -0.2) is 0 Å². The molecule has 6 nitrogen and oxygen atoms in total. The molecule has 0 spiro atoms. The predicted molar refractivity (Wildman–Crippen MR) is 130 cm³/mol. The standard InChI is InChI=1S/C24H30ClN3O3.ClH/c25-22-7-2-1-6-21(22)24(29)27-20-5-3-4-18(14-20)15-26-16-23(19-8-11-31-17-19)28-9-12-30-13-10-28;/h1-7,14,19,23,26H,8-13,15-17H2,(H,27,29);1H. The fourth-order valence-corrected chi connectivity index (χ4v) is 4.55. The number of morpholine rings is 1. The summed E-state index contributed by atoms with van der Waals surface area (Å²) >= 11 is 6.14. The van der Waals surface area contributed by atoms with E-state index in [-0.39, 0.29) is 18.3 Å². The van der Waals surface area contributed by atoms with Crippen molar-refractivity contribution in [3.63, 3.8) is 0 Å². The summed E-state index contributed by atoms with van der Waals surface area (Å²) in [6, 6.07) is 15.4. The van der Waals surface area contributed by atoms with Gasteiger partial charge in [-0.3, -0.25) is 9.69 Å². The lowest BCUT2D eigenvalue weighted by molar-refractivity contribution is 0.00137. The summed E-state index contributed by atoms with van der Waals surface area (Å²) in [5, 5.41) is 7.02. The van der Waals surface area contributed by atoms with Crippen molar-refractivity contribution >= 4 is 35.6 Å². The van der Waals surface area contributed by atoms with E-state index >= 15 is 0 Å². The van der Waals surface area contributed by atoms with Gasteiger partial charge in [0, 0.05) is 50.4 Å². The zero-order valence-corrected chi connectivity index (χ0v) is 19.7. The summed E-state index contributed by atoms with van der Waals surface area (Å²) in [4.78, 5) is 15.1. The highest BCUT2D eigenvalue weighted by Crippen LogP contribution is 2.22. The molecular formula is C24H31Cl2N3O3. The molecule has 0 aromatic heterocycles. The Balaban J connectivity index is 0.00000289. The molecule has 2 fully saturated rings. The molecule has 2 atom stereocenters. The van der Waals surface area contributed by atoms with E-state index in [1.807, 2.05) is 24.3 Å². The maximum absolute atomic E-state index is 12.5. The monoisotopic (exact) mass is 479 g/mol. The van der Waals surface area contributed by atoms with Crippen LogP contribution in [-0.2, 0) is 16.0 Å². The fraction of sp³-hybridized carbons (Fsp3) is 0.458. The van der Waals surface area contributed by atoms with E-state index in [4.69, 9.17) is 21.1 Å². The van der Waals surface area contributed by atoms with Gasteiger partial charge in [0.1, 0.15) is 0 Å². The molecule has 0 aliphatic carbocycles. The first-order valence-corrected chi connectivity index (χ1v) is 11.3. The maximum atomic E-state index is 12.5. The molecule has 2 aliphatic heterocycles. The van der Waals surface area contributed by atoms with Crippen LogP contribution in [0.15, 0.2) is 48.5 Å². The van der Waals surface area contributed by atoms with Crippen molar-refractivity contribution in [2.45, 2.75) is 19.0 Å². The lowest BCUT2D eigenvalue weighted by Crippen LogP contribution is -2.51. The molecule has 2 saturated heterocycles. The largest absolute Gasteiger partial charge is 0.381 e. The summed E-state index contributed by atoms with van der Waals surface area (Å²) in [7, 11) is 0. The lowest BCUT2D eigenvalue weighted by Gasteiger charge is -2.37. The maximum Gasteiger partial charge on any atom is 0.257 e. The number of nitrogens with one attached hydrogen (secondary N) is 2. The van der Waals surface area contributed by atoms with Gasteiger partial charge in [0.2, 0.25) is 0 Å². The molecule has 0 bridgehead atoms. The van der Waals surface area contributed by atoms with E-state index in [2.05, 4.69) is 21.6 Å². The van der Waals surface area contributed by atoms with Gasteiger partial charge >= 0.3 is 0 Å². The SMILES string of the molecule is Cl.O=C(Nc1cccc(CNCC(C2CCOC2)N2CCOCC2)c1)c1ccccc1Cl. The first-order valence-electron chi connectivity index (χ1n) is 11.0. The second kappa shape index (κ2) is 12.5.